The number of aliphatic imine (C=N–C) groups is 1. The molecule has 0 amide bonds. The van der Waals surface area contributed by atoms with Crippen LogP contribution < -0.4 is 4.57 Å². The predicted molar refractivity (Wildman–Crippen MR) is 131 cm³/mol. The van der Waals surface area contributed by atoms with Crippen molar-refractivity contribution in [2.24, 2.45) is 19.1 Å². The van der Waals surface area contributed by atoms with Gasteiger partial charge in [-0.25, -0.2) is 0 Å². The number of benzene rings is 1. The Morgan fingerprint density at radius 2 is 2.03 bits per heavy atom. The maximum absolute atomic E-state index is 5.41. The van der Waals surface area contributed by atoms with Crippen LogP contribution in [0.4, 0.5) is 0 Å². The summed E-state index contributed by atoms with van der Waals surface area (Å²) in [6.45, 7) is 0.556. The van der Waals surface area contributed by atoms with E-state index in [-0.39, 0.29) is 23.0 Å². The third kappa shape index (κ3) is 4.14. The Morgan fingerprint density at radius 3 is 2.89 bits per heavy atom. The minimum absolute atomic E-state index is 0. The van der Waals surface area contributed by atoms with Crippen molar-refractivity contribution in [2.45, 2.75) is 5.92 Å². The zero-order valence-corrected chi connectivity index (χ0v) is 20.5. The van der Waals surface area contributed by atoms with Gasteiger partial charge in [-0.2, -0.15) is 0 Å². The second kappa shape index (κ2) is 9.45. The van der Waals surface area contributed by atoms with Crippen LogP contribution in [-0.2, 0) is 31.2 Å². The van der Waals surface area contributed by atoms with E-state index in [1.807, 2.05) is 12.3 Å². The number of nitrogens with zero attached hydrogens (tertiary/aromatic N) is 4. The van der Waals surface area contributed by atoms with Crippen LogP contribution in [0.25, 0.3) is 33.5 Å². The summed E-state index contributed by atoms with van der Waals surface area (Å²) in [7, 11) is 4.13. The van der Waals surface area contributed by atoms with Crippen molar-refractivity contribution < 1.29 is 30.5 Å². The molecule has 0 saturated carbocycles. The minimum Gasteiger partial charge on any atom is -0.505 e. The molecular weight excluding hydrogens is 479 g/mol. The fraction of sp³-hybridized carbons (Fsp3) is 0.143. The van der Waals surface area contributed by atoms with Crippen molar-refractivity contribution in [3.8, 4) is 11.3 Å². The van der Waals surface area contributed by atoms with Gasteiger partial charge < -0.3 is 23.0 Å². The first-order valence-electron chi connectivity index (χ1n) is 11.2. The zero-order valence-electron chi connectivity index (χ0n) is 19.4. The van der Waals surface area contributed by atoms with Crippen molar-refractivity contribution in [1.29, 1.82) is 0 Å². The molecule has 1 atom stereocenters. The molecule has 0 N–H and O–H groups in total. The van der Waals surface area contributed by atoms with Gasteiger partial charge in [0.15, 0.2) is 11.4 Å². The molecule has 6 rings (SSSR count). The largest absolute Gasteiger partial charge is 2.00 e. The first-order chi connectivity index (χ1) is 16.7. The third-order valence-corrected chi connectivity index (χ3v) is 6.27. The number of fused-ring (bicyclic) bond motifs is 2. The molecule has 6 nitrogen and oxygen atoms in total. The molecule has 7 heteroatoms. The van der Waals surface area contributed by atoms with Crippen LogP contribution in [0.2, 0.25) is 0 Å². The SMILES string of the molecule is Cn1cc(-c2cccc(C(CN=Cc3coc4oc[c-]c34)c3ccccc3)n2)c2[cH-]c[n+](C)c21.[Mn+2]. The van der Waals surface area contributed by atoms with Crippen LogP contribution in [-0.4, -0.2) is 22.3 Å². The fourth-order valence-corrected chi connectivity index (χ4v) is 4.62. The van der Waals surface area contributed by atoms with Crippen LogP contribution in [0.5, 0.6) is 0 Å². The van der Waals surface area contributed by atoms with E-state index < -0.39 is 0 Å². The van der Waals surface area contributed by atoms with Crippen molar-refractivity contribution in [3.63, 3.8) is 0 Å². The Kier molecular flexibility index (Phi) is 6.20. The molecule has 1 radical (unpaired) electrons. The molecule has 1 unspecified atom stereocenters. The summed E-state index contributed by atoms with van der Waals surface area (Å²) >= 11 is 0. The number of hydrogen-bond donors (Lipinski definition) is 0. The van der Waals surface area contributed by atoms with E-state index in [1.54, 1.807) is 6.26 Å². The summed E-state index contributed by atoms with van der Waals surface area (Å²) < 4.78 is 15.0. The molecule has 0 fully saturated rings. The standard InChI is InChI=1S/C28H23N4O2.Mn/c1-31-13-11-22-24(17-32(2)27(22)31)26-10-6-9-25(30-26)23(19-7-4-3-5-8-19)16-29-15-20-18-34-28-21(20)12-14-33-28;/h3-11,13-15,17-18,23H,16H2,1-2H3;/q-1;+2. The molecule has 1 aromatic carbocycles. The average molecular weight is 502 g/mol. The Labute approximate surface area is 213 Å². The molecule has 5 aromatic heterocycles. The first kappa shape index (κ1) is 23.0. The summed E-state index contributed by atoms with van der Waals surface area (Å²) in [6.07, 6.45) is 9.20. The van der Waals surface area contributed by atoms with Gasteiger partial charge in [-0.1, -0.05) is 58.3 Å². The van der Waals surface area contributed by atoms with E-state index in [0.29, 0.717) is 12.3 Å². The van der Waals surface area contributed by atoms with Gasteiger partial charge >= 0.3 is 17.1 Å². The molecule has 0 bridgehead atoms. The van der Waals surface area contributed by atoms with E-state index in [9.17, 15) is 0 Å². The van der Waals surface area contributed by atoms with Gasteiger partial charge in [0, 0.05) is 42.2 Å². The molecule has 0 aliphatic rings. The maximum atomic E-state index is 5.41. The molecule has 0 spiro atoms. The predicted octanol–water partition coefficient (Wildman–Crippen LogP) is 5.17. The van der Waals surface area contributed by atoms with E-state index >= 15 is 0 Å². The number of rotatable bonds is 6. The van der Waals surface area contributed by atoms with Crippen LogP contribution in [0.15, 0.2) is 93.3 Å². The molecule has 0 saturated heterocycles. The number of aryl methyl sites for hydroxylation is 2. The summed E-state index contributed by atoms with van der Waals surface area (Å²) in [5, 5.41) is 2.00. The smallest absolute Gasteiger partial charge is 0.505 e. The quantitative estimate of drug-likeness (QED) is 0.137. The molecule has 0 aliphatic carbocycles. The van der Waals surface area contributed by atoms with Crippen LogP contribution >= 0.6 is 0 Å². The second-order valence-corrected chi connectivity index (χ2v) is 8.46. The molecule has 0 aliphatic heterocycles. The maximum Gasteiger partial charge on any atom is 2.00 e. The number of furan rings is 2. The van der Waals surface area contributed by atoms with E-state index in [0.717, 1.165) is 27.9 Å². The zero-order chi connectivity index (χ0) is 23.1. The summed E-state index contributed by atoms with van der Waals surface area (Å²) in [4.78, 5) is 9.88. The third-order valence-electron chi connectivity index (χ3n) is 6.27. The second-order valence-electron chi connectivity index (χ2n) is 8.46. The molecule has 6 aromatic rings. The molecule has 173 valence electrons. The van der Waals surface area contributed by atoms with Gasteiger partial charge in [-0.3, -0.25) is 4.98 Å². The van der Waals surface area contributed by atoms with Crippen molar-refractivity contribution in [1.82, 2.24) is 9.55 Å². The average Bonchev–Trinajstić information content (AvgIpc) is 3.63. The Balaban J connectivity index is 0.00000253. The fourth-order valence-electron chi connectivity index (χ4n) is 4.62. The van der Waals surface area contributed by atoms with Crippen molar-refractivity contribution >= 4 is 28.4 Å². The summed E-state index contributed by atoms with van der Waals surface area (Å²) in [5.41, 5.74) is 6.28. The van der Waals surface area contributed by atoms with Gasteiger partial charge in [0.05, 0.1) is 20.6 Å². The molecule has 5 heterocycles. The Morgan fingerprint density at radius 1 is 1.17 bits per heavy atom. The topological polar surface area (TPSA) is 60.3 Å². The monoisotopic (exact) mass is 502 g/mol. The van der Waals surface area contributed by atoms with Gasteiger partial charge in [0.2, 0.25) is 0 Å². The van der Waals surface area contributed by atoms with Crippen LogP contribution in [0.1, 0.15) is 22.7 Å². The number of pyridine rings is 1. The van der Waals surface area contributed by atoms with E-state index in [4.69, 9.17) is 18.8 Å². The normalized spacial score (nSPS) is 12.5. The van der Waals surface area contributed by atoms with Gasteiger partial charge in [-0.15, -0.1) is 12.1 Å². The van der Waals surface area contributed by atoms with Gasteiger partial charge in [-0.05, 0) is 23.9 Å². The number of aromatic nitrogens is 3. The Bertz CT molecular complexity index is 1620. The van der Waals surface area contributed by atoms with E-state index in [1.165, 1.54) is 22.9 Å². The number of hydrogen-bond acceptors (Lipinski definition) is 4. The summed E-state index contributed by atoms with van der Waals surface area (Å²) in [5.74, 6) is 0.480. The van der Waals surface area contributed by atoms with Gasteiger partial charge in [0.1, 0.15) is 0 Å². The first-order valence-corrected chi connectivity index (χ1v) is 11.2. The van der Waals surface area contributed by atoms with Crippen molar-refractivity contribution in [3.05, 3.63) is 102 Å². The van der Waals surface area contributed by atoms with Crippen molar-refractivity contribution in [2.75, 3.05) is 6.54 Å². The summed E-state index contributed by atoms with van der Waals surface area (Å²) in [6, 6.07) is 21.8. The van der Waals surface area contributed by atoms with Gasteiger partial charge in [0.25, 0.3) is 0 Å². The minimum atomic E-state index is 0. The molecule has 35 heavy (non-hydrogen) atoms. The van der Waals surface area contributed by atoms with E-state index in [2.05, 4.69) is 90.2 Å². The Hall–Kier alpha value is -3.80. The van der Waals surface area contributed by atoms with Crippen LogP contribution in [0, 0.1) is 6.07 Å². The molecular formula is C28H23MnN4O2+. The van der Waals surface area contributed by atoms with Crippen LogP contribution in [0.3, 0.4) is 0 Å².